The van der Waals surface area contributed by atoms with Crippen molar-refractivity contribution in [2.24, 2.45) is 0 Å². The second-order valence-corrected chi connectivity index (χ2v) is 5.74. The lowest BCUT2D eigenvalue weighted by atomic mass is 10.1. The molecule has 1 fully saturated rings. The van der Waals surface area contributed by atoms with Crippen molar-refractivity contribution in [3.05, 3.63) is 36.3 Å². The zero-order valence-electron chi connectivity index (χ0n) is 12.8. The summed E-state index contributed by atoms with van der Waals surface area (Å²) in [6.45, 7) is 0. The molecule has 5 nitrogen and oxygen atoms in total. The molecular formula is C17H18FN5. The third kappa shape index (κ3) is 3.62. The van der Waals surface area contributed by atoms with Crippen LogP contribution in [0.1, 0.15) is 44.3 Å². The fraction of sp³-hybridized carbons (Fsp3) is 0.412. The second-order valence-electron chi connectivity index (χ2n) is 5.74. The summed E-state index contributed by atoms with van der Waals surface area (Å²) in [7, 11) is 0. The summed E-state index contributed by atoms with van der Waals surface area (Å²) in [6, 6.07) is 5.54. The van der Waals surface area contributed by atoms with E-state index in [-0.39, 0.29) is 11.9 Å². The fourth-order valence-electron chi connectivity index (χ4n) is 2.95. The largest absolute Gasteiger partial charge is 0.367 e. The van der Waals surface area contributed by atoms with Gasteiger partial charge < -0.3 is 5.32 Å². The summed E-state index contributed by atoms with van der Waals surface area (Å²) in [4.78, 5) is 11.9. The molecule has 2 aromatic rings. The minimum Gasteiger partial charge on any atom is -0.367 e. The Kier molecular flexibility index (Phi) is 4.77. The second kappa shape index (κ2) is 7.14. The van der Waals surface area contributed by atoms with Gasteiger partial charge in [-0.25, -0.2) is 15.0 Å². The molecule has 1 N–H and O–H groups in total. The van der Waals surface area contributed by atoms with Crippen LogP contribution >= 0.6 is 0 Å². The minimum atomic E-state index is -0.565. The highest BCUT2D eigenvalue weighted by Crippen LogP contribution is 2.29. The Hall–Kier alpha value is -2.55. The van der Waals surface area contributed by atoms with Crippen molar-refractivity contribution in [2.75, 3.05) is 5.32 Å². The van der Waals surface area contributed by atoms with Gasteiger partial charge in [0, 0.05) is 29.6 Å². The van der Waals surface area contributed by atoms with Gasteiger partial charge in [0.25, 0.3) is 0 Å². The Morgan fingerprint density at radius 1 is 1.13 bits per heavy atom. The number of aromatic nitrogens is 3. The van der Waals surface area contributed by atoms with E-state index >= 15 is 0 Å². The van der Waals surface area contributed by atoms with Crippen LogP contribution in [0.3, 0.4) is 0 Å². The van der Waals surface area contributed by atoms with Gasteiger partial charge in [0.15, 0.2) is 0 Å². The normalized spacial score (nSPS) is 15.7. The van der Waals surface area contributed by atoms with Gasteiger partial charge >= 0.3 is 0 Å². The van der Waals surface area contributed by atoms with Crippen LogP contribution in [0.25, 0.3) is 11.1 Å². The number of nitriles is 1. The number of pyridine rings is 1. The number of hydrogen-bond donors (Lipinski definition) is 1. The van der Waals surface area contributed by atoms with Crippen LogP contribution in [0, 0.1) is 17.3 Å². The Morgan fingerprint density at radius 2 is 1.91 bits per heavy atom. The summed E-state index contributed by atoms with van der Waals surface area (Å²) >= 11 is 0. The predicted molar refractivity (Wildman–Crippen MR) is 85.0 cm³/mol. The van der Waals surface area contributed by atoms with Crippen molar-refractivity contribution in [1.82, 2.24) is 15.0 Å². The van der Waals surface area contributed by atoms with Crippen LogP contribution in [0.4, 0.5) is 10.2 Å². The molecule has 1 saturated carbocycles. The smallest absolute Gasteiger partial charge is 0.234 e. The highest BCUT2D eigenvalue weighted by Gasteiger charge is 2.18. The molecule has 0 spiro atoms. The van der Waals surface area contributed by atoms with E-state index in [9.17, 15) is 4.39 Å². The summed E-state index contributed by atoms with van der Waals surface area (Å²) in [6.07, 6.45) is 9.84. The molecule has 0 atom stereocenters. The molecule has 0 aliphatic heterocycles. The monoisotopic (exact) mass is 311 g/mol. The lowest BCUT2D eigenvalue weighted by Gasteiger charge is -2.19. The number of halogens is 1. The molecule has 3 rings (SSSR count). The quantitative estimate of drug-likeness (QED) is 0.691. The molecule has 2 heterocycles. The van der Waals surface area contributed by atoms with Gasteiger partial charge in [-0.1, -0.05) is 25.7 Å². The van der Waals surface area contributed by atoms with Gasteiger partial charge in [-0.3, -0.25) is 0 Å². The van der Waals surface area contributed by atoms with Crippen molar-refractivity contribution < 1.29 is 4.39 Å². The van der Waals surface area contributed by atoms with Crippen molar-refractivity contribution in [3.63, 3.8) is 0 Å². The summed E-state index contributed by atoms with van der Waals surface area (Å²) in [5, 5.41) is 12.4. The van der Waals surface area contributed by atoms with Crippen molar-refractivity contribution in [2.45, 2.75) is 44.6 Å². The molecule has 1 aliphatic carbocycles. The van der Waals surface area contributed by atoms with E-state index in [0.29, 0.717) is 16.9 Å². The van der Waals surface area contributed by atoms with E-state index in [1.165, 1.54) is 38.1 Å². The standard InChI is InChI=1S/C17H18FN5/c18-16-13(8-5-9-20-16)14-11-21-15(10-19)23-17(14)22-12-6-3-1-2-4-7-12/h5,8-9,11-12H,1-4,6-7H2,(H,21,22,23). The third-order valence-corrected chi connectivity index (χ3v) is 4.13. The number of anilines is 1. The summed E-state index contributed by atoms with van der Waals surface area (Å²) in [5.41, 5.74) is 0.881. The first-order valence-corrected chi connectivity index (χ1v) is 7.92. The molecule has 0 bridgehead atoms. The van der Waals surface area contributed by atoms with Crippen LogP contribution in [-0.2, 0) is 0 Å². The average Bonchev–Trinajstić information content (AvgIpc) is 2.84. The zero-order chi connectivity index (χ0) is 16.1. The molecule has 0 radical (unpaired) electrons. The van der Waals surface area contributed by atoms with E-state index in [1.54, 1.807) is 12.1 Å². The third-order valence-electron chi connectivity index (χ3n) is 4.13. The summed E-state index contributed by atoms with van der Waals surface area (Å²) < 4.78 is 14.0. The Labute approximate surface area is 134 Å². The molecule has 23 heavy (non-hydrogen) atoms. The van der Waals surface area contributed by atoms with E-state index < -0.39 is 5.95 Å². The van der Waals surface area contributed by atoms with Gasteiger partial charge in [0.1, 0.15) is 11.9 Å². The molecule has 6 heteroatoms. The summed E-state index contributed by atoms with van der Waals surface area (Å²) in [5.74, 6) is 0.0224. The highest BCUT2D eigenvalue weighted by atomic mass is 19.1. The maximum atomic E-state index is 14.0. The SMILES string of the molecule is N#Cc1ncc(-c2cccnc2F)c(NC2CCCCCC2)n1. The number of nitrogens with one attached hydrogen (secondary N) is 1. The predicted octanol–water partition coefficient (Wildman–Crippen LogP) is 3.68. The Morgan fingerprint density at radius 3 is 2.61 bits per heavy atom. The van der Waals surface area contributed by atoms with Crippen LogP contribution in [0.15, 0.2) is 24.5 Å². The maximum absolute atomic E-state index is 14.0. The molecule has 1 aliphatic rings. The van der Waals surface area contributed by atoms with Crippen LogP contribution in [0.2, 0.25) is 0 Å². The first-order chi connectivity index (χ1) is 11.3. The van der Waals surface area contributed by atoms with Crippen molar-refractivity contribution in [1.29, 1.82) is 5.26 Å². The van der Waals surface area contributed by atoms with E-state index in [2.05, 4.69) is 20.3 Å². The molecular weight excluding hydrogens is 293 g/mol. The van der Waals surface area contributed by atoms with Gasteiger partial charge in [0.2, 0.25) is 11.8 Å². The van der Waals surface area contributed by atoms with E-state index in [1.807, 2.05) is 6.07 Å². The highest BCUT2D eigenvalue weighted by molar-refractivity contribution is 5.74. The topological polar surface area (TPSA) is 74.5 Å². The molecule has 2 aromatic heterocycles. The molecule has 0 aromatic carbocycles. The van der Waals surface area contributed by atoms with Gasteiger partial charge in [0.05, 0.1) is 0 Å². The first kappa shape index (κ1) is 15.3. The maximum Gasteiger partial charge on any atom is 0.234 e. The lowest BCUT2D eigenvalue weighted by Crippen LogP contribution is -2.20. The Bertz CT molecular complexity index is 717. The number of rotatable bonds is 3. The zero-order valence-corrected chi connectivity index (χ0v) is 12.8. The van der Waals surface area contributed by atoms with E-state index in [4.69, 9.17) is 5.26 Å². The Balaban J connectivity index is 1.96. The minimum absolute atomic E-state index is 0.0779. The number of hydrogen-bond acceptors (Lipinski definition) is 5. The molecule has 0 saturated heterocycles. The van der Waals surface area contributed by atoms with Crippen molar-refractivity contribution in [3.8, 4) is 17.2 Å². The van der Waals surface area contributed by atoms with Crippen molar-refractivity contribution >= 4 is 5.82 Å². The van der Waals surface area contributed by atoms with Crippen LogP contribution < -0.4 is 5.32 Å². The van der Waals surface area contributed by atoms with E-state index in [0.717, 1.165) is 12.8 Å². The number of nitrogens with zero attached hydrogens (tertiary/aromatic N) is 4. The average molecular weight is 311 g/mol. The van der Waals surface area contributed by atoms with Gasteiger partial charge in [-0.2, -0.15) is 9.65 Å². The first-order valence-electron chi connectivity index (χ1n) is 7.92. The van der Waals surface area contributed by atoms with Gasteiger partial charge in [-0.05, 0) is 25.0 Å². The lowest BCUT2D eigenvalue weighted by molar-refractivity contribution is 0.587. The van der Waals surface area contributed by atoms with Gasteiger partial charge in [-0.15, -0.1) is 0 Å². The fourth-order valence-corrected chi connectivity index (χ4v) is 2.95. The molecule has 0 unspecified atom stereocenters. The van der Waals surface area contributed by atoms with Crippen LogP contribution in [-0.4, -0.2) is 21.0 Å². The van der Waals surface area contributed by atoms with Crippen LogP contribution in [0.5, 0.6) is 0 Å². The molecule has 0 amide bonds. The molecule has 118 valence electrons.